The highest BCUT2D eigenvalue weighted by molar-refractivity contribution is 5.92. The highest BCUT2D eigenvalue weighted by atomic mass is 16.8. The summed E-state index contributed by atoms with van der Waals surface area (Å²) in [5.74, 6) is 0.498. The van der Waals surface area contributed by atoms with Crippen molar-refractivity contribution >= 4 is 40.8 Å². The van der Waals surface area contributed by atoms with Crippen molar-refractivity contribution in [2.75, 3.05) is 18.8 Å². The Balaban J connectivity index is 1.45. The van der Waals surface area contributed by atoms with Gasteiger partial charge in [-0.15, -0.1) is 0 Å². The first kappa shape index (κ1) is 31.6. The van der Waals surface area contributed by atoms with Gasteiger partial charge < -0.3 is 23.8 Å². The predicted octanol–water partition coefficient (Wildman–Crippen LogP) is 9.41. The first-order chi connectivity index (χ1) is 22.3. The third-order valence-corrected chi connectivity index (χ3v) is 7.25. The summed E-state index contributed by atoms with van der Waals surface area (Å²) < 4.78 is 20.0. The molecule has 0 saturated heterocycles. The van der Waals surface area contributed by atoms with Crippen LogP contribution in [0.4, 0.5) is 21.9 Å². The van der Waals surface area contributed by atoms with Crippen LogP contribution in [-0.2, 0) is 14.3 Å². The third-order valence-electron chi connectivity index (χ3n) is 7.25. The van der Waals surface area contributed by atoms with Gasteiger partial charge in [0.15, 0.2) is 0 Å². The zero-order valence-electron chi connectivity index (χ0n) is 26.2. The topological polar surface area (TPSA) is 74.3 Å². The number of hydrogen-bond acceptors (Lipinski definition) is 7. The summed E-state index contributed by atoms with van der Waals surface area (Å²) in [5.41, 5.74) is 9.48. The number of hydrogen-bond donors (Lipinski definition) is 0. The number of methoxy groups -OCH3 is 1. The monoisotopic (exact) mass is 613 g/mol. The molecule has 7 heteroatoms. The van der Waals surface area contributed by atoms with Gasteiger partial charge in [-0.05, 0) is 103 Å². The molecule has 46 heavy (non-hydrogen) atoms. The minimum atomic E-state index is -0.967. The van der Waals surface area contributed by atoms with Gasteiger partial charge >= 0.3 is 12.1 Å². The average Bonchev–Trinajstić information content (AvgIpc) is 3.06. The molecule has 0 unspecified atom stereocenters. The van der Waals surface area contributed by atoms with Gasteiger partial charge in [-0.2, -0.15) is 0 Å². The lowest BCUT2D eigenvalue weighted by Crippen LogP contribution is -2.14. The number of ether oxygens (including phenoxy) is 4. The molecule has 7 nitrogen and oxygen atoms in total. The van der Waals surface area contributed by atoms with E-state index >= 15 is 0 Å². The van der Waals surface area contributed by atoms with Crippen molar-refractivity contribution in [1.82, 2.24) is 0 Å². The molecule has 5 aromatic carbocycles. The van der Waals surface area contributed by atoms with Crippen molar-refractivity contribution in [3.8, 4) is 11.5 Å². The fraction of sp³-hybridized carbons (Fsp3) is 0.128. The second-order valence-corrected chi connectivity index (χ2v) is 10.7. The Hall–Kier alpha value is -5.82. The molecule has 0 spiro atoms. The molecule has 0 atom stereocenters. The van der Waals surface area contributed by atoms with Crippen molar-refractivity contribution in [2.45, 2.75) is 20.8 Å². The van der Waals surface area contributed by atoms with E-state index in [0.717, 1.165) is 45.1 Å². The van der Waals surface area contributed by atoms with Crippen LogP contribution >= 0.6 is 0 Å². The summed E-state index contributed by atoms with van der Waals surface area (Å²) in [4.78, 5) is 25.1. The summed E-state index contributed by atoms with van der Waals surface area (Å²) in [6, 6.07) is 40.4. The highest BCUT2D eigenvalue weighted by Gasteiger charge is 2.14. The molecule has 0 bridgehead atoms. The van der Waals surface area contributed by atoms with Crippen LogP contribution < -0.4 is 14.4 Å². The third kappa shape index (κ3) is 8.21. The van der Waals surface area contributed by atoms with Crippen LogP contribution in [0.2, 0.25) is 0 Å². The summed E-state index contributed by atoms with van der Waals surface area (Å²) in [7, 11) is 1.64. The van der Waals surface area contributed by atoms with Gasteiger partial charge in [0.1, 0.15) is 11.5 Å². The number of benzene rings is 5. The molecule has 232 valence electrons. The van der Waals surface area contributed by atoms with E-state index in [1.54, 1.807) is 19.2 Å². The quantitative estimate of drug-likeness (QED) is 0.0672. The van der Waals surface area contributed by atoms with E-state index in [9.17, 15) is 9.59 Å². The lowest BCUT2D eigenvalue weighted by atomic mass is 9.95. The fourth-order valence-electron chi connectivity index (χ4n) is 4.81. The van der Waals surface area contributed by atoms with Gasteiger partial charge in [0.25, 0.3) is 0 Å². The number of aryl methyl sites for hydroxylation is 2. The molecule has 0 saturated carbocycles. The number of esters is 1. The van der Waals surface area contributed by atoms with Crippen molar-refractivity contribution < 1.29 is 28.5 Å². The SMILES string of the molecule is COc1ccc(C(=Cc2ccc(N(c3ccc(C)cc3)c3ccc(C)cc3)cc2)c2ccc(OC(=O)OCOC(C)=O)cc2)cc1. The highest BCUT2D eigenvalue weighted by Crippen LogP contribution is 2.36. The van der Waals surface area contributed by atoms with Crippen molar-refractivity contribution in [3.63, 3.8) is 0 Å². The van der Waals surface area contributed by atoms with Gasteiger partial charge in [0, 0.05) is 24.0 Å². The smallest absolute Gasteiger partial charge is 0.497 e. The minimum Gasteiger partial charge on any atom is -0.497 e. The Morgan fingerprint density at radius 3 is 1.52 bits per heavy atom. The van der Waals surface area contributed by atoms with E-state index < -0.39 is 18.9 Å². The molecule has 0 aliphatic heterocycles. The Kier molecular flexibility index (Phi) is 10.1. The number of carbonyl (C=O) groups is 2. The zero-order chi connectivity index (χ0) is 32.5. The van der Waals surface area contributed by atoms with E-state index in [1.807, 2.05) is 36.4 Å². The standard InChI is InChI=1S/C39H35NO6/c1-27-5-15-33(16-6-27)40(34-17-7-28(2)8-18-34)35-19-9-30(10-20-35)25-38(31-11-21-36(43-4)22-12-31)32-13-23-37(24-14-32)46-39(42)45-26-44-29(3)41/h5-25H,26H2,1-4H3. The van der Waals surface area contributed by atoms with Gasteiger partial charge in [0.2, 0.25) is 6.79 Å². The zero-order valence-corrected chi connectivity index (χ0v) is 26.2. The molecule has 0 heterocycles. The van der Waals surface area contributed by atoms with Gasteiger partial charge in [-0.25, -0.2) is 4.79 Å². The molecule has 5 rings (SSSR count). The lowest BCUT2D eigenvalue weighted by Gasteiger charge is -2.26. The van der Waals surface area contributed by atoms with E-state index in [2.05, 4.69) is 102 Å². The largest absolute Gasteiger partial charge is 0.516 e. The lowest BCUT2D eigenvalue weighted by molar-refractivity contribution is -0.149. The minimum absolute atomic E-state index is 0.294. The van der Waals surface area contributed by atoms with Gasteiger partial charge in [-0.1, -0.05) is 71.8 Å². The van der Waals surface area contributed by atoms with E-state index in [4.69, 9.17) is 14.2 Å². The molecule has 0 aliphatic carbocycles. The van der Waals surface area contributed by atoms with Crippen LogP contribution in [0.1, 0.15) is 34.7 Å². The Morgan fingerprint density at radius 2 is 1.07 bits per heavy atom. The first-order valence-electron chi connectivity index (χ1n) is 14.8. The molecule has 0 radical (unpaired) electrons. The van der Waals surface area contributed by atoms with Crippen molar-refractivity contribution in [1.29, 1.82) is 0 Å². The molecule has 0 aromatic heterocycles. The van der Waals surface area contributed by atoms with Crippen LogP contribution in [0.15, 0.2) is 121 Å². The van der Waals surface area contributed by atoms with E-state index in [0.29, 0.717) is 5.75 Å². The first-order valence-corrected chi connectivity index (χ1v) is 14.8. The molecule has 5 aromatic rings. The van der Waals surface area contributed by atoms with Crippen LogP contribution in [-0.4, -0.2) is 26.0 Å². The second kappa shape index (κ2) is 14.8. The van der Waals surface area contributed by atoms with E-state index in [-0.39, 0.29) is 0 Å². The maximum absolute atomic E-state index is 12.0. The predicted molar refractivity (Wildman–Crippen MR) is 181 cm³/mol. The van der Waals surface area contributed by atoms with Crippen molar-refractivity contribution in [3.05, 3.63) is 149 Å². The molecule has 0 N–H and O–H groups in total. The second-order valence-electron chi connectivity index (χ2n) is 10.7. The number of nitrogens with zero attached hydrogens (tertiary/aromatic N) is 1. The number of carbonyl (C=O) groups excluding carboxylic acids is 2. The van der Waals surface area contributed by atoms with Gasteiger partial charge in [-0.3, -0.25) is 4.79 Å². The van der Waals surface area contributed by atoms with Crippen LogP contribution in [0.25, 0.3) is 11.6 Å². The summed E-state index contributed by atoms with van der Waals surface area (Å²) >= 11 is 0. The number of rotatable bonds is 10. The Morgan fingerprint density at radius 1 is 0.609 bits per heavy atom. The van der Waals surface area contributed by atoms with Crippen LogP contribution in [0.5, 0.6) is 11.5 Å². The summed E-state index contributed by atoms with van der Waals surface area (Å²) in [6.45, 7) is 4.89. The van der Waals surface area contributed by atoms with Gasteiger partial charge in [0.05, 0.1) is 7.11 Å². The maximum atomic E-state index is 12.0. The normalized spacial score (nSPS) is 11.0. The maximum Gasteiger partial charge on any atom is 0.516 e. The fourth-order valence-corrected chi connectivity index (χ4v) is 4.81. The number of anilines is 3. The van der Waals surface area contributed by atoms with Crippen molar-refractivity contribution in [2.24, 2.45) is 0 Å². The Labute approximate surface area is 269 Å². The molecule has 0 fully saturated rings. The van der Waals surface area contributed by atoms with Crippen LogP contribution in [0.3, 0.4) is 0 Å². The van der Waals surface area contributed by atoms with E-state index in [1.165, 1.54) is 18.1 Å². The summed E-state index contributed by atoms with van der Waals surface area (Å²) in [6.07, 6.45) is 1.15. The van der Waals surface area contributed by atoms with Crippen LogP contribution in [0, 0.1) is 13.8 Å². The Bertz CT molecular complexity index is 1750. The molecule has 0 amide bonds. The molecule has 0 aliphatic rings. The molecular weight excluding hydrogens is 578 g/mol. The molecular formula is C39H35NO6. The average molecular weight is 614 g/mol. The summed E-state index contributed by atoms with van der Waals surface area (Å²) in [5, 5.41) is 0.